The third kappa shape index (κ3) is 2.68. The van der Waals surface area contributed by atoms with Gasteiger partial charge in [0, 0.05) is 0 Å². The maximum Gasteiger partial charge on any atom is 0.123 e. The summed E-state index contributed by atoms with van der Waals surface area (Å²) in [5.74, 6) is 1.78. The van der Waals surface area contributed by atoms with Crippen molar-refractivity contribution in [2.45, 2.75) is 33.1 Å². The number of aryl methyl sites for hydroxylation is 1. The maximum absolute atomic E-state index is 13.2. The van der Waals surface area contributed by atoms with E-state index in [1.165, 1.54) is 5.56 Å². The van der Waals surface area contributed by atoms with Gasteiger partial charge in [-0.15, -0.1) is 0 Å². The first kappa shape index (κ1) is 12.6. The van der Waals surface area contributed by atoms with Crippen molar-refractivity contribution in [3.8, 4) is 0 Å². The molecule has 0 aromatic heterocycles. The van der Waals surface area contributed by atoms with E-state index >= 15 is 0 Å². The van der Waals surface area contributed by atoms with Gasteiger partial charge in [-0.1, -0.05) is 19.9 Å². The lowest BCUT2D eigenvalue weighted by Gasteiger charge is -2.36. The topological polar surface area (TPSA) is 12.0 Å². The standard InChI is InChI=1S/C15H22FN/c1-10(2)15-9-17-7-6-14(15)13-5-4-12(16)8-11(13)3/h4-5,8,10,14-15,17H,6-7,9H2,1-3H3. The molecule has 1 aromatic carbocycles. The zero-order valence-electron chi connectivity index (χ0n) is 11.0. The highest BCUT2D eigenvalue weighted by Crippen LogP contribution is 2.36. The fourth-order valence-corrected chi connectivity index (χ4v) is 3.02. The Morgan fingerprint density at radius 1 is 1.35 bits per heavy atom. The average molecular weight is 235 g/mol. The van der Waals surface area contributed by atoms with Crippen molar-refractivity contribution in [2.75, 3.05) is 13.1 Å². The molecule has 2 heteroatoms. The van der Waals surface area contributed by atoms with Gasteiger partial charge in [-0.3, -0.25) is 0 Å². The van der Waals surface area contributed by atoms with Crippen LogP contribution in [-0.2, 0) is 0 Å². The molecule has 1 N–H and O–H groups in total. The molecule has 1 heterocycles. The summed E-state index contributed by atoms with van der Waals surface area (Å²) in [4.78, 5) is 0. The van der Waals surface area contributed by atoms with E-state index in [1.807, 2.05) is 13.0 Å². The van der Waals surface area contributed by atoms with E-state index < -0.39 is 0 Å². The van der Waals surface area contributed by atoms with Crippen LogP contribution in [0.1, 0.15) is 37.3 Å². The van der Waals surface area contributed by atoms with Gasteiger partial charge >= 0.3 is 0 Å². The van der Waals surface area contributed by atoms with Gasteiger partial charge in [0.2, 0.25) is 0 Å². The molecule has 17 heavy (non-hydrogen) atoms. The van der Waals surface area contributed by atoms with Crippen LogP contribution < -0.4 is 5.32 Å². The van der Waals surface area contributed by atoms with Gasteiger partial charge in [0.05, 0.1) is 0 Å². The molecule has 0 bridgehead atoms. The minimum atomic E-state index is -0.124. The van der Waals surface area contributed by atoms with Gasteiger partial charge in [-0.2, -0.15) is 0 Å². The average Bonchev–Trinajstić information content (AvgIpc) is 2.29. The van der Waals surface area contributed by atoms with Crippen LogP contribution in [0.5, 0.6) is 0 Å². The summed E-state index contributed by atoms with van der Waals surface area (Å²) >= 11 is 0. The van der Waals surface area contributed by atoms with Crippen LogP contribution in [0.15, 0.2) is 18.2 Å². The zero-order valence-corrected chi connectivity index (χ0v) is 11.0. The molecule has 0 aliphatic carbocycles. The van der Waals surface area contributed by atoms with Crippen LogP contribution in [0.3, 0.4) is 0 Å². The Labute approximate surface area is 103 Å². The summed E-state index contributed by atoms with van der Waals surface area (Å²) in [7, 11) is 0. The first-order chi connectivity index (χ1) is 8.09. The van der Waals surface area contributed by atoms with E-state index in [4.69, 9.17) is 0 Å². The first-order valence-corrected chi connectivity index (χ1v) is 6.56. The number of rotatable bonds is 2. The molecule has 0 radical (unpaired) electrons. The Morgan fingerprint density at radius 2 is 2.12 bits per heavy atom. The van der Waals surface area contributed by atoms with Crippen LogP contribution >= 0.6 is 0 Å². The van der Waals surface area contributed by atoms with E-state index in [9.17, 15) is 4.39 Å². The van der Waals surface area contributed by atoms with E-state index in [0.717, 1.165) is 25.1 Å². The number of benzene rings is 1. The predicted octanol–water partition coefficient (Wildman–Crippen LogP) is 3.48. The fraction of sp³-hybridized carbons (Fsp3) is 0.600. The lowest BCUT2D eigenvalue weighted by atomic mass is 9.74. The van der Waals surface area contributed by atoms with Gasteiger partial charge in [0.15, 0.2) is 0 Å². The summed E-state index contributed by atoms with van der Waals surface area (Å²) < 4.78 is 13.2. The number of piperidine rings is 1. The van der Waals surface area contributed by atoms with Crippen molar-refractivity contribution in [3.63, 3.8) is 0 Å². The SMILES string of the molecule is Cc1cc(F)ccc1C1CCNCC1C(C)C. The summed E-state index contributed by atoms with van der Waals surface area (Å²) in [6, 6.07) is 5.24. The van der Waals surface area contributed by atoms with Crippen molar-refractivity contribution < 1.29 is 4.39 Å². The molecule has 1 nitrogen and oxygen atoms in total. The molecule has 1 saturated heterocycles. The molecule has 0 saturated carbocycles. The van der Waals surface area contributed by atoms with E-state index in [2.05, 4.69) is 19.2 Å². The van der Waals surface area contributed by atoms with Crippen molar-refractivity contribution in [3.05, 3.63) is 35.1 Å². The number of hydrogen-bond donors (Lipinski definition) is 1. The molecule has 1 aliphatic rings. The summed E-state index contributed by atoms with van der Waals surface area (Å²) in [5.41, 5.74) is 2.44. The summed E-state index contributed by atoms with van der Waals surface area (Å²) in [5, 5.41) is 3.47. The Hall–Kier alpha value is -0.890. The second-order valence-corrected chi connectivity index (χ2v) is 5.51. The van der Waals surface area contributed by atoms with Gasteiger partial charge in [0.1, 0.15) is 5.82 Å². The smallest absolute Gasteiger partial charge is 0.123 e. The highest BCUT2D eigenvalue weighted by molar-refractivity contribution is 5.31. The van der Waals surface area contributed by atoms with Crippen LogP contribution in [0.25, 0.3) is 0 Å². The van der Waals surface area contributed by atoms with Crippen molar-refractivity contribution in [1.82, 2.24) is 5.32 Å². The molecule has 2 rings (SSSR count). The van der Waals surface area contributed by atoms with E-state index in [1.54, 1.807) is 12.1 Å². The number of halogens is 1. The molecule has 1 aromatic rings. The largest absolute Gasteiger partial charge is 0.316 e. The van der Waals surface area contributed by atoms with Gasteiger partial charge in [-0.25, -0.2) is 4.39 Å². The quantitative estimate of drug-likeness (QED) is 0.827. The lowest BCUT2D eigenvalue weighted by Crippen LogP contribution is -2.38. The van der Waals surface area contributed by atoms with Gasteiger partial charge in [-0.05, 0) is 67.4 Å². The fourth-order valence-electron chi connectivity index (χ4n) is 3.02. The highest BCUT2D eigenvalue weighted by atomic mass is 19.1. The lowest BCUT2D eigenvalue weighted by molar-refractivity contribution is 0.254. The molecular formula is C15H22FN. The van der Waals surface area contributed by atoms with Crippen molar-refractivity contribution >= 4 is 0 Å². The maximum atomic E-state index is 13.2. The summed E-state index contributed by atoms with van der Waals surface area (Å²) in [6.07, 6.45) is 1.16. The Bertz CT molecular complexity index is 387. The van der Waals surface area contributed by atoms with E-state index in [-0.39, 0.29) is 5.82 Å². The molecular weight excluding hydrogens is 213 g/mol. The van der Waals surface area contributed by atoms with Crippen molar-refractivity contribution in [2.24, 2.45) is 11.8 Å². The third-order valence-electron chi connectivity index (χ3n) is 4.02. The second kappa shape index (κ2) is 5.18. The summed E-state index contributed by atoms with van der Waals surface area (Å²) in [6.45, 7) is 8.74. The number of nitrogens with one attached hydrogen (secondary N) is 1. The third-order valence-corrected chi connectivity index (χ3v) is 4.02. The minimum Gasteiger partial charge on any atom is -0.316 e. The molecule has 1 aliphatic heterocycles. The van der Waals surface area contributed by atoms with Crippen LogP contribution in [0, 0.1) is 24.6 Å². The normalized spacial score (nSPS) is 25.2. The minimum absolute atomic E-state index is 0.124. The molecule has 2 atom stereocenters. The van der Waals surface area contributed by atoms with Crippen LogP contribution in [-0.4, -0.2) is 13.1 Å². The molecule has 2 unspecified atom stereocenters. The molecule has 1 fully saturated rings. The Balaban J connectivity index is 2.29. The Morgan fingerprint density at radius 3 is 2.76 bits per heavy atom. The van der Waals surface area contributed by atoms with Gasteiger partial charge in [0.25, 0.3) is 0 Å². The van der Waals surface area contributed by atoms with Gasteiger partial charge < -0.3 is 5.32 Å². The number of hydrogen-bond acceptors (Lipinski definition) is 1. The first-order valence-electron chi connectivity index (χ1n) is 6.56. The Kier molecular flexibility index (Phi) is 3.82. The van der Waals surface area contributed by atoms with Crippen LogP contribution in [0.2, 0.25) is 0 Å². The van der Waals surface area contributed by atoms with Crippen LogP contribution in [0.4, 0.5) is 4.39 Å². The highest BCUT2D eigenvalue weighted by Gasteiger charge is 2.29. The molecule has 94 valence electrons. The molecule has 0 spiro atoms. The predicted molar refractivity (Wildman–Crippen MR) is 69.7 cm³/mol. The van der Waals surface area contributed by atoms with Crippen molar-refractivity contribution in [1.29, 1.82) is 0 Å². The second-order valence-electron chi connectivity index (χ2n) is 5.51. The van der Waals surface area contributed by atoms with E-state index in [0.29, 0.717) is 17.8 Å². The zero-order chi connectivity index (χ0) is 12.4. The monoisotopic (exact) mass is 235 g/mol. The molecule has 0 amide bonds.